The van der Waals surface area contributed by atoms with Crippen molar-refractivity contribution in [2.45, 2.75) is 66.7 Å². The molecule has 5 heteroatoms. The first-order valence-corrected chi connectivity index (χ1v) is 13.6. The lowest BCUT2D eigenvalue weighted by Crippen LogP contribution is -2.14. The summed E-state index contributed by atoms with van der Waals surface area (Å²) in [5.74, 6) is 0.204. The summed E-state index contributed by atoms with van der Waals surface area (Å²) in [4.78, 5) is 26.2. The van der Waals surface area contributed by atoms with Gasteiger partial charge in [-0.25, -0.2) is 0 Å². The quantitative estimate of drug-likeness (QED) is 0.176. The maximum atomic E-state index is 13.4. The zero-order valence-corrected chi connectivity index (χ0v) is 24.2. The largest absolute Gasteiger partial charge is 0.497 e. The minimum atomic E-state index is -0.328. The number of hydrogen-bond acceptors (Lipinski definition) is 4. The van der Waals surface area contributed by atoms with Crippen LogP contribution in [0.3, 0.4) is 0 Å². The predicted octanol–water partition coefficient (Wildman–Crippen LogP) is 8.15. The van der Waals surface area contributed by atoms with Gasteiger partial charge in [0.1, 0.15) is 12.4 Å². The maximum Gasteiger partial charge on any atom is 0.310 e. The average molecular weight is 528 g/mol. The third-order valence-electron chi connectivity index (χ3n) is 6.89. The van der Waals surface area contributed by atoms with Gasteiger partial charge in [0.2, 0.25) is 0 Å². The lowest BCUT2D eigenvalue weighted by atomic mass is 10.1. The molecule has 1 aromatic heterocycles. The van der Waals surface area contributed by atoms with Crippen molar-refractivity contribution in [3.05, 3.63) is 100 Å². The number of benzene rings is 2. The van der Waals surface area contributed by atoms with Gasteiger partial charge in [-0.1, -0.05) is 47.1 Å². The van der Waals surface area contributed by atoms with Gasteiger partial charge in [-0.2, -0.15) is 0 Å². The van der Waals surface area contributed by atoms with Crippen LogP contribution in [-0.4, -0.2) is 30.2 Å². The van der Waals surface area contributed by atoms with Gasteiger partial charge in [-0.3, -0.25) is 14.2 Å². The molecule has 0 saturated heterocycles. The second kappa shape index (κ2) is 14.3. The van der Waals surface area contributed by atoms with E-state index in [0.717, 1.165) is 47.8 Å². The predicted molar refractivity (Wildman–Crippen MR) is 159 cm³/mol. The van der Waals surface area contributed by atoms with Gasteiger partial charge in [-0.05, 0) is 102 Å². The van der Waals surface area contributed by atoms with Gasteiger partial charge in [0.15, 0.2) is 0 Å². The van der Waals surface area contributed by atoms with Crippen molar-refractivity contribution in [2.75, 3.05) is 13.7 Å². The van der Waals surface area contributed by atoms with E-state index in [1.807, 2.05) is 49.4 Å². The van der Waals surface area contributed by atoms with Crippen LogP contribution >= 0.6 is 0 Å². The first kappa shape index (κ1) is 29.7. The Bertz CT molecular complexity index is 1390. The van der Waals surface area contributed by atoms with Crippen LogP contribution < -0.4 is 4.74 Å². The van der Waals surface area contributed by atoms with Crippen LogP contribution in [0.5, 0.6) is 5.75 Å². The standard InChI is InChI=1S/C34H41NO4/c1-24(2)12-10-13-25(3)14-11-15-26(4)20-21-39-33(36)23-30-27(5)35(34(37)28-16-8-7-9-17-28)32-19-18-29(38-6)22-31(30)32/h7-9,12,14,16-20,22H,10-11,13,15,21,23H2,1-6H3/b25-14+,26-20+. The highest BCUT2D eigenvalue weighted by molar-refractivity contribution is 6.05. The molecule has 5 nitrogen and oxygen atoms in total. The first-order chi connectivity index (χ1) is 18.7. The molecular formula is C34H41NO4. The van der Waals surface area contributed by atoms with Crippen LogP contribution in [0, 0.1) is 6.92 Å². The fourth-order valence-electron chi connectivity index (χ4n) is 4.60. The van der Waals surface area contributed by atoms with E-state index in [2.05, 4.69) is 39.8 Å². The second-order valence-electron chi connectivity index (χ2n) is 10.3. The molecule has 0 fully saturated rings. The highest BCUT2D eigenvalue weighted by atomic mass is 16.5. The summed E-state index contributed by atoms with van der Waals surface area (Å²) in [5.41, 5.74) is 6.78. The van der Waals surface area contributed by atoms with Gasteiger partial charge in [0, 0.05) is 16.6 Å². The van der Waals surface area contributed by atoms with E-state index in [1.54, 1.807) is 23.8 Å². The zero-order valence-electron chi connectivity index (χ0n) is 24.2. The molecule has 0 aliphatic rings. The monoisotopic (exact) mass is 527 g/mol. The number of methoxy groups -OCH3 is 1. The Kier molecular flexibility index (Phi) is 10.9. The summed E-state index contributed by atoms with van der Waals surface area (Å²) in [5, 5.41) is 0.812. The summed E-state index contributed by atoms with van der Waals surface area (Å²) in [6.45, 7) is 10.6. The molecule has 0 saturated carbocycles. The SMILES string of the molecule is COc1ccc2c(c1)c(CC(=O)OC/C=C(\C)CC/C=C(\C)CCC=C(C)C)c(C)n2C(=O)c1ccccc1. The number of carbonyl (C=O) groups is 2. The van der Waals surface area contributed by atoms with Crippen LogP contribution in [0.25, 0.3) is 10.9 Å². The third kappa shape index (κ3) is 8.31. The summed E-state index contributed by atoms with van der Waals surface area (Å²) in [6.07, 6.45) is 10.7. The van der Waals surface area contributed by atoms with Crippen LogP contribution in [-0.2, 0) is 16.0 Å². The van der Waals surface area contributed by atoms with Crippen molar-refractivity contribution >= 4 is 22.8 Å². The van der Waals surface area contributed by atoms with Crippen molar-refractivity contribution in [2.24, 2.45) is 0 Å². The maximum absolute atomic E-state index is 13.4. The molecule has 2 aromatic carbocycles. The Morgan fingerprint density at radius 2 is 1.54 bits per heavy atom. The normalized spacial score (nSPS) is 11.9. The number of hydrogen-bond donors (Lipinski definition) is 0. The average Bonchev–Trinajstić information content (AvgIpc) is 3.18. The highest BCUT2D eigenvalue weighted by Gasteiger charge is 2.22. The smallest absolute Gasteiger partial charge is 0.310 e. The van der Waals surface area contributed by atoms with E-state index >= 15 is 0 Å². The molecule has 0 N–H and O–H groups in total. The number of fused-ring (bicyclic) bond motifs is 1. The van der Waals surface area contributed by atoms with Crippen LogP contribution in [0.1, 0.15) is 75.0 Å². The minimum Gasteiger partial charge on any atom is -0.497 e. The topological polar surface area (TPSA) is 57.5 Å². The number of aromatic nitrogens is 1. The lowest BCUT2D eigenvalue weighted by Gasteiger charge is -2.08. The summed E-state index contributed by atoms with van der Waals surface area (Å²) in [7, 11) is 1.60. The Morgan fingerprint density at radius 3 is 2.21 bits per heavy atom. The lowest BCUT2D eigenvalue weighted by molar-refractivity contribution is -0.141. The van der Waals surface area contributed by atoms with Gasteiger partial charge in [0.05, 0.1) is 19.0 Å². The molecule has 0 radical (unpaired) electrons. The van der Waals surface area contributed by atoms with Gasteiger partial charge in [0.25, 0.3) is 5.91 Å². The van der Waals surface area contributed by atoms with E-state index in [0.29, 0.717) is 11.3 Å². The Morgan fingerprint density at radius 1 is 0.872 bits per heavy atom. The molecule has 0 atom stereocenters. The molecular weight excluding hydrogens is 486 g/mol. The molecule has 39 heavy (non-hydrogen) atoms. The van der Waals surface area contributed by atoms with Gasteiger partial charge < -0.3 is 9.47 Å². The summed E-state index contributed by atoms with van der Waals surface area (Å²) in [6, 6.07) is 14.7. The number of carbonyl (C=O) groups excluding carboxylic acids is 2. The van der Waals surface area contributed by atoms with E-state index in [-0.39, 0.29) is 24.9 Å². The number of rotatable bonds is 12. The molecule has 0 unspecified atom stereocenters. The fraction of sp³-hybridized carbons (Fsp3) is 0.353. The van der Waals surface area contributed by atoms with Gasteiger partial charge in [-0.15, -0.1) is 0 Å². The number of esters is 1. The Balaban J connectivity index is 1.66. The van der Waals surface area contributed by atoms with Crippen molar-refractivity contribution < 1.29 is 19.1 Å². The second-order valence-corrected chi connectivity index (χ2v) is 10.3. The molecule has 0 amide bonds. The van der Waals surface area contributed by atoms with Gasteiger partial charge >= 0.3 is 5.97 Å². The van der Waals surface area contributed by atoms with E-state index in [4.69, 9.17) is 9.47 Å². The van der Waals surface area contributed by atoms with Crippen molar-refractivity contribution in [1.29, 1.82) is 0 Å². The number of allylic oxidation sites excluding steroid dienone is 5. The molecule has 206 valence electrons. The number of nitrogens with zero attached hydrogens (tertiary/aromatic N) is 1. The van der Waals surface area contributed by atoms with Crippen molar-refractivity contribution in [1.82, 2.24) is 4.57 Å². The third-order valence-corrected chi connectivity index (χ3v) is 6.89. The van der Waals surface area contributed by atoms with Crippen LogP contribution in [0.15, 0.2) is 83.5 Å². The van der Waals surface area contributed by atoms with E-state index in [1.165, 1.54) is 16.7 Å². The van der Waals surface area contributed by atoms with Crippen LogP contribution in [0.2, 0.25) is 0 Å². The minimum absolute atomic E-state index is 0.0745. The number of ether oxygens (including phenoxy) is 2. The Labute approximate surface area is 232 Å². The molecule has 0 bridgehead atoms. The van der Waals surface area contributed by atoms with Crippen molar-refractivity contribution in [3.63, 3.8) is 0 Å². The Hall–Kier alpha value is -3.86. The van der Waals surface area contributed by atoms with Crippen LogP contribution in [0.4, 0.5) is 0 Å². The highest BCUT2D eigenvalue weighted by Crippen LogP contribution is 2.31. The molecule has 0 aliphatic carbocycles. The molecule has 3 rings (SSSR count). The molecule has 0 aliphatic heterocycles. The van der Waals surface area contributed by atoms with Crippen molar-refractivity contribution in [3.8, 4) is 5.75 Å². The fourth-order valence-corrected chi connectivity index (χ4v) is 4.60. The molecule has 3 aromatic rings. The van der Waals surface area contributed by atoms with E-state index < -0.39 is 0 Å². The first-order valence-electron chi connectivity index (χ1n) is 13.6. The summed E-state index contributed by atoms with van der Waals surface area (Å²) < 4.78 is 12.7. The molecule has 1 heterocycles. The molecule has 0 spiro atoms. The zero-order chi connectivity index (χ0) is 28.4. The summed E-state index contributed by atoms with van der Waals surface area (Å²) >= 11 is 0. The van der Waals surface area contributed by atoms with E-state index in [9.17, 15) is 9.59 Å².